The van der Waals surface area contributed by atoms with Crippen molar-refractivity contribution >= 4 is 13.9 Å². The van der Waals surface area contributed by atoms with Crippen LogP contribution >= 0.6 is 7.82 Å². The summed E-state index contributed by atoms with van der Waals surface area (Å²) in [5.74, 6) is 0.742. The van der Waals surface area contributed by atoms with Gasteiger partial charge in [0.1, 0.15) is 17.1 Å². The SMILES string of the molecule is CC[C@@H]1C[C@@H](OP(=O)(Oc2ccccc2)Oc2ccccc2)CN1C(=O)OC(C)(C)C. The fourth-order valence-electron chi connectivity index (χ4n) is 3.35. The summed E-state index contributed by atoms with van der Waals surface area (Å²) in [6.07, 6.45) is 0.308. The summed E-state index contributed by atoms with van der Waals surface area (Å²) in [6, 6.07) is 17.4. The molecule has 0 aromatic heterocycles. The number of hydrogen-bond acceptors (Lipinski definition) is 6. The van der Waals surface area contributed by atoms with Gasteiger partial charge < -0.3 is 18.7 Å². The number of para-hydroxylation sites is 2. The van der Waals surface area contributed by atoms with Crippen molar-refractivity contribution < 1.29 is 27.7 Å². The van der Waals surface area contributed by atoms with Gasteiger partial charge in [0.25, 0.3) is 0 Å². The highest BCUT2D eigenvalue weighted by atomic mass is 31.2. The zero-order chi connectivity index (χ0) is 22.5. The van der Waals surface area contributed by atoms with Gasteiger partial charge in [-0.2, -0.15) is 0 Å². The molecule has 2 atom stereocenters. The van der Waals surface area contributed by atoms with Crippen LogP contribution in [0.4, 0.5) is 4.79 Å². The molecule has 1 aliphatic rings. The molecule has 7 nitrogen and oxygen atoms in total. The van der Waals surface area contributed by atoms with Gasteiger partial charge in [0, 0.05) is 6.04 Å². The van der Waals surface area contributed by atoms with E-state index in [2.05, 4.69) is 0 Å². The predicted molar refractivity (Wildman–Crippen MR) is 118 cm³/mol. The van der Waals surface area contributed by atoms with Gasteiger partial charge in [-0.3, -0.25) is 4.52 Å². The second kappa shape index (κ2) is 9.75. The number of nitrogens with zero attached hydrogens (tertiary/aromatic N) is 1. The molecular formula is C23H30NO6P. The van der Waals surface area contributed by atoms with Gasteiger partial charge in [-0.25, -0.2) is 9.36 Å². The molecule has 0 spiro atoms. The van der Waals surface area contributed by atoms with E-state index in [9.17, 15) is 9.36 Å². The highest BCUT2D eigenvalue weighted by molar-refractivity contribution is 7.49. The maximum absolute atomic E-state index is 13.6. The van der Waals surface area contributed by atoms with E-state index in [0.717, 1.165) is 6.42 Å². The maximum atomic E-state index is 13.6. The quantitative estimate of drug-likeness (QED) is 0.481. The van der Waals surface area contributed by atoms with Gasteiger partial charge in [0.15, 0.2) is 0 Å². The average Bonchev–Trinajstić information content (AvgIpc) is 3.10. The Labute approximate surface area is 183 Å². The van der Waals surface area contributed by atoms with Crippen molar-refractivity contribution in [2.24, 2.45) is 0 Å². The van der Waals surface area contributed by atoms with Crippen LogP contribution in [0.1, 0.15) is 40.5 Å². The number of carbonyl (C=O) groups excluding carboxylic acids is 1. The lowest BCUT2D eigenvalue weighted by Gasteiger charge is -2.28. The number of hydrogen-bond donors (Lipinski definition) is 0. The molecule has 0 unspecified atom stereocenters. The topological polar surface area (TPSA) is 74.3 Å². The number of phosphoric ester groups is 1. The minimum Gasteiger partial charge on any atom is -0.444 e. The van der Waals surface area contributed by atoms with Crippen LogP contribution in [0.3, 0.4) is 0 Å². The minimum atomic E-state index is -4.03. The standard InChI is InChI=1S/C23H30NO6P/c1-5-18-16-21(17-24(18)22(25)27-23(2,3)4)30-31(26,28-19-12-8-6-9-13-19)29-20-14-10-7-11-15-20/h6-15,18,21H,5,16-17H2,1-4H3/t18-,21-/m1/s1. The van der Waals surface area contributed by atoms with Crippen LogP contribution in [0.5, 0.6) is 11.5 Å². The summed E-state index contributed by atoms with van der Waals surface area (Å²) in [7, 11) is -4.03. The first kappa shape index (κ1) is 23.2. The fraction of sp³-hybridized carbons (Fsp3) is 0.435. The van der Waals surface area contributed by atoms with Gasteiger partial charge in [-0.05, 0) is 57.9 Å². The van der Waals surface area contributed by atoms with Gasteiger partial charge in [-0.15, -0.1) is 0 Å². The molecule has 8 heteroatoms. The number of benzene rings is 2. The van der Waals surface area contributed by atoms with E-state index in [0.29, 0.717) is 17.9 Å². The summed E-state index contributed by atoms with van der Waals surface area (Å²) in [4.78, 5) is 14.3. The van der Waals surface area contributed by atoms with Crippen molar-refractivity contribution in [3.05, 3.63) is 60.7 Å². The van der Waals surface area contributed by atoms with Crippen molar-refractivity contribution in [2.75, 3.05) is 6.54 Å². The smallest absolute Gasteiger partial charge is 0.444 e. The van der Waals surface area contributed by atoms with E-state index in [1.54, 1.807) is 53.4 Å². The average molecular weight is 447 g/mol. The molecule has 2 aromatic carbocycles. The maximum Gasteiger partial charge on any atom is 0.587 e. The second-order valence-electron chi connectivity index (χ2n) is 8.41. The molecule has 1 aliphatic heterocycles. The lowest BCUT2D eigenvalue weighted by molar-refractivity contribution is 0.0205. The molecule has 1 amide bonds. The second-order valence-corrected chi connectivity index (χ2v) is 9.88. The van der Waals surface area contributed by atoms with E-state index < -0.39 is 25.6 Å². The Morgan fingerprint density at radius 1 is 1.00 bits per heavy atom. The Morgan fingerprint density at radius 3 is 1.97 bits per heavy atom. The molecule has 0 N–H and O–H groups in total. The zero-order valence-electron chi connectivity index (χ0n) is 18.4. The molecule has 31 heavy (non-hydrogen) atoms. The Kier molecular flexibility index (Phi) is 7.29. The summed E-state index contributed by atoms with van der Waals surface area (Å²) in [5.41, 5.74) is -0.601. The van der Waals surface area contributed by atoms with Crippen LogP contribution in [0.2, 0.25) is 0 Å². The van der Waals surface area contributed by atoms with Crippen molar-refractivity contribution in [1.82, 2.24) is 4.90 Å². The summed E-state index contributed by atoms with van der Waals surface area (Å²) in [6.45, 7) is 7.71. The first-order valence-electron chi connectivity index (χ1n) is 10.4. The molecule has 0 saturated carbocycles. The molecule has 168 valence electrons. The molecule has 1 saturated heterocycles. The van der Waals surface area contributed by atoms with Gasteiger partial charge in [0.2, 0.25) is 0 Å². The van der Waals surface area contributed by atoms with Crippen molar-refractivity contribution in [1.29, 1.82) is 0 Å². The minimum absolute atomic E-state index is 0.0817. The summed E-state index contributed by atoms with van der Waals surface area (Å²) >= 11 is 0. The van der Waals surface area contributed by atoms with Crippen molar-refractivity contribution in [3.63, 3.8) is 0 Å². The number of amides is 1. The Balaban J connectivity index is 1.77. The van der Waals surface area contributed by atoms with E-state index in [-0.39, 0.29) is 12.6 Å². The van der Waals surface area contributed by atoms with E-state index in [1.165, 1.54) is 0 Å². The molecule has 3 rings (SSSR count). The molecular weight excluding hydrogens is 417 g/mol. The van der Waals surface area contributed by atoms with E-state index in [4.69, 9.17) is 18.3 Å². The monoisotopic (exact) mass is 447 g/mol. The molecule has 0 radical (unpaired) electrons. The molecule has 0 aliphatic carbocycles. The number of likely N-dealkylation sites (tertiary alicyclic amines) is 1. The molecule has 2 aromatic rings. The number of phosphoric acid groups is 1. The molecule has 0 bridgehead atoms. The van der Waals surface area contributed by atoms with E-state index in [1.807, 2.05) is 39.8 Å². The van der Waals surface area contributed by atoms with Gasteiger partial charge in [0.05, 0.1) is 12.6 Å². The normalized spacial score (nSPS) is 19.2. The lowest BCUT2D eigenvalue weighted by atomic mass is 10.1. The third-order valence-electron chi connectivity index (χ3n) is 4.67. The van der Waals surface area contributed by atoms with Crippen molar-refractivity contribution in [2.45, 2.75) is 58.3 Å². The van der Waals surface area contributed by atoms with Crippen LogP contribution in [0.15, 0.2) is 60.7 Å². The van der Waals surface area contributed by atoms with Crippen LogP contribution in [-0.2, 0) is 13.8 Å². The van der Waals surface area contributed by atoms with Crippen LogP contribution in [-0.4, -0.2) is 35.3 Å². The first-order valence-corrected chi connectivity index (χ1v) is 11.9. The third kappa shape index (κ3) is 6.74. The highest BCUT2D eigenvalue weighted by Gasteiger charge is 2.43. The Hall–Kier alpha value is -2.50. The Morgan fingerprint density at radius 2 is 1.52 bits per heavy atom. The zero-order valence-corrected chi connectivity index (χ0v) is 19.3. The highest BCUT2D eigenvalue weighted by Crippen LogP contribution is 2.51. The first-order chi connectivity index (χ1) is 14.7. The summed E-state index contributed by atoms with van der Waals surface area (Å²) < 4.78 is 36.4. The van der Waals surface area contributed by atoms with E-state index >= 15 is 0 Å². The number of rotatable bonds is 7. The number of ether oxygens (including phenoxy) is 1. The van der Waals surface area contributed by atoms with Crippen LogP contribution < -0.4 is 9.05 Å². The van der Waals surface area contributed by atoms with Crippen LogP contribution in [0.25, 0.3) is 0 Å². The molecule has 1 heterocycles. The third-order valence-corrected chi connectivity index (χ3v) is 6.10. The predicted octanol–water partition coefficient (Wildman–Crippen LogP) is 6.06. The largest absolute Gasteiger partial charge is 0.587 e. The number of carbonyl (C=O) groups is 1. The van der Waals surface area contributed by atoms with Crippen LogP contribution in [0, 0.1) is 0 Å². The van der Waals surface area contributed by atoms with Gasteiger partial charge >= 0.3 is 13.9 Å². The lowest BCUT2D eigenvalue weighted by Crippen LogP contribution is -2.40. The molecule has 1 fully saturated rings. The summed E-state index contributed by atoms with van der Waals surface area (Å²) in [5, 5.41) is 0. The van der Waals surface area contributed by atoms with Gasteiger partial charge in [-0.1, -0.05) is 43.3 Å². The Bertz CT molecular complexity index is 854. The van der Waals surface area contributed by atoms with Crippen molar-refractivity contribution in [3.8, 4) is 11.5 Å². The fourth-order valence-corrected chi connectivity index (χ4v) is 4.75.